The van der Waals surface area contributed by atoms with Crippen molar-refractivity contribution in [2.75, 3.05) is 81.9 Å². The number of amides is 3. The second-order valence-corrected chi connectivity index (χ2v) is 22.0. The first-order chi connectivity index (χ1) is 35.2. The molecule has 74 heavy (non-hydrogen) atoms. The molecule has 402 valence electrons. The predicted octanol–water partition coefficient (Wildman–Crippen LogP) is 6.52. The van der Waals surface area contributed by atoms with Gasteiger partial charge < -0.3 is 38.9 Å². The van der Waals surface area contributed by atoms with Gasteiger partial charge in [-0.05, 0) is 151 Å². The van der Waals surface area contributed by atoms with E-state index in [9.17, 15) is 24.3 Å². The molecule has 5 heterocycles. The van der Waals surface area contributed by atoms with Crippen LogP contribution in [0.15, 0.2) is 54.7 Å². The average molecular weight is 1020 g/mol. The van der Waals surface area contributed by atoms with E-state index in [0.29, 0.717) is 39.5 Å². The number of benzene rings is 2. The van der Waals surface area contributed by atoms with Crippen molar-refractivity contribution in [2.24, 2.45) is 17.3 Å². The molecule has 3 amide bonds. The summed E-state index contributed by atoms with van der Waals surface area (Å²) in [5, 5.41) is 17.1. The normalized spacial score (nSPS) is 18.8. The second kappa shape index (κ2) is 25.2. The molecule has 3 N–H and O–H groups in total. The second-order valence-electron chi connectivity index (χ2n) is 22.0. The van der Waals surface area contributed by atoms with Crippen molar-refractivity contribution < 1.29 is 38.5 Å². The molecule has 4 aromatic rings. The zero-order valence-electron chi connectivity index (χ0n) is 46.2. The Morgan fingerprint density at radius 1 is 1.04 bits per heavy atom. The maximum atomic E-state index is 14.1. The quantitative estimate of drug-likeness (QED) is 0.0731. The minimum atomic E-state index is -0.836. The number of methoxy groups -OCH3 is 2. The first-order valence-corrected chi connectivity index (χ1v) is 26.2. The van der Waals surface area contributed by atoms with Crippen LogP contribution in [0, 0.1) is 29.1 Å². The van der Waals surface area contributed by atoms with Gasteiger partial charge in [0.25, 0.3) is 11.8 Å². The van der Waals surface area contributed by atoms with Crippen molar-refractivity contribution in [1.82, 2.24) is 40.0 Å². The van der Waals surface area contributed by atoms with Crippen molar-refractivity contribution in [1.29, 1.82) is 0 Å². The minimum Gasteiger partial charge on any atom is -0.508 e. The van der Waals surface area contributed by atoms with E-state index in [2.05, 4.69) is 79.1 Å². The van der Waals surface area contributed by atoms with E-state index in [4.69, 9.17) is 19.2 Å². The number of carbonyl (C=O) groups excluding carboxylic acids is 4. The third kappa shape index (κ3) is 13.6. The van der Waals surface area contributed by atoms with Crippen LogP contribution in [0.3, 0.4) is 0 Å². The van der Waals surface area contributed by atoms with E-state index in [0.717, 1.165) is 83.1 Å². The number of aldehydes is 1. The average Bonchev–Trinajstić information content (AvgIpc) is 3.95. The molecule has 0 radical (unpaired) electrons. The van der Waals surface area contributed by atoms with Crippen molar-refractivity contribution in [3.05, 3.63) is 71.5 Å². The molecule has 0 spiro atoms. The van der Waals surface area contributed by atoms with Crippen molar-refractivity contribution in [3.8, 4) is 40.0 Å². The SMILES string of the molecule is CCn1c(-c2cccnc2C(C)OC)c(CC(C)(C)COC)c2cc(-c3cc(O)cc(CC(NC(=O)C(C(C)C)N(C)C)C(=O)N4CCC[C@@H](C)N4)c3)ccc21.CN(C)C1(C#CC(=O)N2CCC(C=O)C2)COC1. The Balaban J connectivity index is 0.000000414. The van der Waals surface area contributed by atoms with Crippen LogP contribution in [0.1, 0.15) is 90.7 Å². The van der Waals surface area contributed by atoms with Gasteiger partial charge in [0.1, 0.15) is 23.6 Å². The van der Waals surface area contributed by atoms with E-state index in [1.165, 1.54) is 5.56 Å². The third-order valence-corrected chi connectivity index (χ3v) is 14.6. The van der Waals surface area contributed by atoms with Gasteiger partial charge >= 0.3 is 0 Å². The Labute approximate surface area is 439 Å². The van der Waals surface area contributed by atoms with Crippen LogP contribution in [0.4, 0.5) is 0 Å². The van der Waals surface area contributed by atoms with Gasteiger partial charge in [0.15, 0.2) is 0 Å². The molecule has 2 aromatic carbocycles. The van der Waals surface area contributed by atoms with Gasteiger partial charge in [-0.25, -0.2) is 5.43 Å². The first-order valence-electron chi connectivity index (χ1n) is 26.2. The number of nitrogens with zero attached hydrogens (tertiary/aromatic N) is 6. The molecule has 3 aliphatic rings. The molecule has 16 nitrogen and oxygen atoms in total. The molecule has 5 atom stereocenters. The van der Waals surface area contributed by atoms with E-state index in [1.807, 2.05) is 77.1 Å². The number of pyridine rings is 1. The summed E-state index contributed by atoms with van der Waals surface area (Å²) < 4.78 is 19.0. The Morgan fingerprint density at radius 2 is 1.78 bits per heavy atom. The fourth-order valence-electron chi connectivity index (χ4n) is 10.6. The zero-order valence-corrected chi connectivity index (χ0v) is 46.2. The molecule has 4 unspecified atom stereocenters. The highest BCUT2D eigenvalue weighted by Crippen LogP contribution is 2.42. The summed E-state index contributed by atoms with van der Waals surface area (Å²) in [7, 11) is 11.1. The molecule has 0 aliphatic carbocycles. The van der Waals surface area contributed by atoms with Crippen LogP contribution in [-0.2, 0) is 52.8 Å². The van der Waals surface area contributed by atoms with Crippen LogP contribution in [0.25, 0.3) is 33.3 Å². The van der Waals surface area contributed by atoms with E-state index in [1.54, 1.807) is 36.3 Å². The fourth-order valence-corrected chi connectivity index (χ4v) is 10.6. The maximum absolute atomic E-state index is 14.1. The number of likely N-dealkylation sites (tertiary alicyclic amines) is 1. The molecule has 3 aliphatic heterocycles. The largest absolute Gasteiger partial charge is 0.508 e. The number of phenolic OH excluding ortho intramolecular Hbond substituents is 1. The summed E-state index contributed by atoms with van der Waals surface area (Å²) in [5.41, 5.74) is 10.6. The van der Waals surface area contributed by atoms with Crippen LogP contribution in [0.2, 0.25) is 0 Å². The van der Waals surface area contributed by atoms with Gasteiger partial charge in [-0.1, -0.05) is 45.7 Å². The summed E-state index contributed by atoms with van der Waals surface area (Å²) in [4.78, 5) is 60.7. The Hall–Kier alpha value is -5.67. The summed E-state index contributed by atoms with van der Waals surface area (Å²) in [6.07, 6.45) is 6.10. The Kier molecular flexibility index (Phi) is 19.7. The Morgan fingerprint density at radius 3 is 2.38 bits per heavy atom. The molecule has 3 saturated heterocycles. The van der Waals surface area contributed by atoms with Gasteiger partial charge in [0.2, 0.25) is 5.91 Å². The smallest absolute Gasteiger partial charge is 0.298 e. The monoisotopic (exact) mass is 1020 g/mol. The molecule has 16 heteroatoms. The number of hydrogen-bond donors (Lipinski definition) is 3. The number of phenols is 1. The lowest BCUT2D eigenvalue weighted by molar-refractivity contribution is -0.142. The highest BCUT2D eigenvalue weighted by molar-refractivity contribution is 5.96. The van der Waals surface area contributed by atoms with Crippen molar-refractivity contribution in [2.45, 2.75) is 117 Å². The van der Waals surface area contributed by atoms with Crippen molar-refractivity contribution >= 4 is 34.9 Å². The van der Waals surface area contributed by atoms with Gasteiger partial charge in [0.05, 0.1) is 43.4 Å². The first kappa shape index (κ1) is 57.6. The molecular formula is C58H82N8O8. The zero-order chi connectivity index (χ0) is 54.1. The van der Waals surface area contributed by atoms with Crippen molar-refractivity contribution in [3.63, 3.8) is 0 Å². The Bertz CT molecular complexity index is 2660. The van der Waals surface area contributed by atoms with Gasteiger partial charge in [-0.2, -0.15) is 0 Å². The number of fused-ring (bicyclic) bond motifs is 1. The van der Waals surface area contributed by atoms with E-state index >= 15 is 0 Å². The summed E-state index contributed by atoms with van der Waals surface area (Å²) in [6, 6.07) is 15.0. The molecule has 0 saturated carbocycles. The number of aryl methyl sites for hydroxylation is 1. The number of nitrogens with one attached hydrogen (secondary N) is 2. The maximum Gasteiger partial charge on any atom is 0.298 e. The van der Waals surface area contributed by atoms with Gasteiger partial charge in [-0.15, -0.1) is 0 Å². The number of rotatable bonds is 18. The van der Waals surface area contributed by atoms with Gasteiger partial charge in [0, 0.05) is 81.4 Å². The lowest BCUT2D eigenvalue weighted by Gasteiger charge is -2.42. The molecule has 2 aromatic heterocycles. The lowest BCUT2D eigenvalue weighted by atomic mass is 9.84. The number of carbonyl (C=O) groups is 4. The topological polar surface area (TPSA) is 171 Å². The molecule has 3 fully saturated rings. The van der Waals surface area contributed by atoms with Gasteiger partial charge in [-0.3, -0.25) is 34.2 Å². The number of aromatic nitrogens is 2. The number of hydrogen-bond acceptors (Lipinski definition) is 12. The van der Waals surface area contributed by atoms with Crippen LogP contribution in [0.5, 0.6) is 5.75 Å². The molecular weight excluding hydrogens is 937 g/mol. The lowest BCUT2D eigenvalue weighted by Crippen LogP contribution is -2.60. The van der Waals surface area contributed by atoms with Crippen LogP contribution < -0.4 is 10.7 Å². The molecule has 7 rings (SSSR count). The number of likely N-dealkylation sites (N-methyl/N-ethyl adjacent to an activating group) is 2. The molecule has 0 bridgehead atoms. The standard InChI is InChI=1S/C45H64N6O5.C13H18N2O3/c1-12-50-39-18-17-32(25-36(39)37(26-45(6,7)27-55-10)42(50)35-16-13-19-46-40(35)30(5)56-11)33-21-31(22-34(52)24-33)23-38(44(54)51-20-14-15-29(4)48-51)47-43(53)41(28(2)3)49(8)9;1-14(2)13(9-18-10-13)5-3-12(17)15-6-4-11(7-15)8-16/h13,16-19,21-22,24-25,28-30,38,41,48,52H,12,14-15,20,23,26-27H2,1-11H3,(H,47,53);8,11H,4,6-7,9-10H2,1-2H3/t29-,30?,38?,41?;/m1./s1. The third-order valence-electron chi connectivity index (χ3n) is 14.6. The number of hydrazine groups is 1. The minimum absolute atomic E-state index is 0.0226. The summed E-state index contributed by atoms with van der Waals surface area (Å²) in [5.74, 6) is 5.24. The summed E-state index contributed by atoms with van der Waals surface area (Å²) >= 11 is 0. The van der Waals surface area contributed by atoms with E-state index < -0.39 is 12.1 Å². The number of ether oxygens (including phenoxy) is 3. The van der Waals surface area contributed by atoms with Crippen LogP contribution in [-0.4, -0.2) is 164 Å². The number of aromatic hydroxyl groups is 1. The highest BCUT2D eigenvalue weighted by atomic mass is 16.5. The van der Waals surface area contributed by atoms with Crippen LogP contribution >= 0.6 is 0 Å². The van der Waals surface area contributed by atoms with E-state index in [-0.39, 0.29) is 64.8 Å². The highest BCUT2D eigenvalue weighted by Gasteiger charge is 2.40. The predicted molar refractivity (Wildman–Crippen MR) is 290 cm³/mol. The fraction of sp³-hybridized carbons (Fsp3) is 0.569. The summed E-state index contributed by atoms with van der Waals surface area (Å²) in [6.45, 7) is 18.8.